The minimum atomic E-state index is -0.280. The highest BCUT2D eigenvalue weighted by Crippen LogP contribution is 2.36. The number of nitrogens with one attached hydrogen (secondary N) is 1. The highest BCUT2D eigenvalue weighted by Gasteiger charge is 2.20. The second kappa shape index (κ2) is 11.4. The van der Waals surface area contributed by atoms with Crippen LogP contribution in [0.1, 0.15) is 12.0 Å². The van der Waals surface area contributed by atoms with Gasteiger partial charge in [0.2, 0.25) is 11.8 Å². The van der Waals surface area contributed by atoms with E-state index in [0.29, 0.717) is 35.2 Å². The lowest BCUT2D eigenvalue weighted by Crippen LogP contribution is -2.49. The third kappa shape index (κ3) is 6.17. The maximum Gasteiger partial charge on any atom is 0.244 e. The van der Waals surface area contributed by atoms with Crippen molar-refractivity contribution in [3.8, 4) is 11.5 Å². The summed E-state index contributed by atoms with van der Waals surface area (Å²) in [6, 6.07) is 13.6. The Morgan fingerprint density at radius 1 is 1.06 bits per heavy atom. The van der Waals surface area contributed by atoms with Crippen molar-refractivity contribution in [2.75, 3.05) is 51.8 Å². The first-order chi connectivity index (χ1) is 15.5. The molecular weight excluding hydrogens is 430 g/mol. The van der Waals surface area contributed by atoms with E-state index in [9.17, 15) is 9.59 Å². The van der Waals surface area contributed by atoms with E-state index in [1.54, 1.807) is 18.2 Å². The molecule has 8 heteroatoms. The molecule has 0 spiro atoms. The van der Waals surface area contributed by atoms with E-state index in [0.717, 1.165) is 13.1 Å². The van der Waals surface area contributed by atoms with Crippen LogP contribution < -0.4 is 19.7 Å². The SMILES string of the molecule is COc1cc(/C=C/C(=O)NCCC(=O)N2CCN(c3ccccc3)CC2)cc(Cl)c1OC. The topological polar surface area (TPSA) is 71.1 Å². The lowest BCUT2D eigenvalue weighted by Gasteiger charge is -2.36. The zero-order valence-electron chi connectivity index (χ0n) is 18.3. The fourth-order valence-electron chi connectivity index (χ4n) is 3.57. The summed E-state index contributed by atoms with van der Waals surface area (Å²) in [6.07, 6.45) is 3.31. The number of anilines is 1. The molecule has 0 bridgehead atoms. The molecule has 2 amide bonds. The van der Waals surface area contributed by atoms with E-state index in [1.807, 2.05) is 23.1 Å². The van der Waals surface area contributed by atoms with Crippen LogP contribution in [-0.4, -0.2) is 63.7 Å². The van der Waals surface area contributed by atoms with Gasteiger partial charge in [-0.05, 0) is 35.9 Å². The van der Waals surface area contributed by atoms with Crippen LogP contribution in [0.3, 0.4) is 0 Å². The maximum absolute atomic E-state index is 12.5. The molecule has 1 fully saturated rings. The number of hydrogen-bond acceptors (Lipinski definition) is 5. The van der Waals surface area contributed by atoms with Crippen molar-refractivity contribution in [1.29, 1.82) is 0 Å². The minimum Gasteiger partial charge on any atom is -0.493 e. The smallest absolute Gasteiger partial charge is 0.244 e. The summed E-state index contributed by atoms with van der Waals surface area (Å²) in [6.45, 7) is 3.26. The van der Waals surface area contributed by atoms with E-state index in [2.05, 4.69) is 22.3 Å². The van der Waals surface area contributed by atoms with Crippen LogP contribution in [0.15, 0.2) is 48.5 Å². The molecule has 32 heavy (non-hydrogen) atoms. The van der Waals surface area contributed by atoms with Gasteiger partial charge < -0.3 is 24.6 Å². The molecule has 170 valence electrons. The van der Waals surface area contributed by atoms with Gasteiger partial charge in [0.05, 0.1) is 19.2 Å². The minimum absolute atomic E-state index is 0.0497. The summed E-state index contributed by atoms with van der Waals surface area (Å²) < 4.78 is 10.5. The molecule has 0 saturated carbocycles. The Bertz CT molecular complexity index is 957. The van der Waals surface area contributed by atoms with Gasteiger partial charge >= 0.3 is 0 Å². The molecule has 0 radical (unpaired) electrons. The molecule has 0 aromatic heterocycles. The number of carbonyl (C=O) groups is 2. The number of nitrogens with zero attached hydrogens (tertiary/aromatic N) is 2. The molecule has 2 aromatic rings. The van der Waals surface area contributed by atoms with Gasteiger partial charge in [-0.2, -0.15) is 0 Å². The number of piperazine rings is 1. The highest BCUT2D eigenvalue weighted by molar-refractivity contribution is 6.32. The van der Waals surface area contributed by atoms with Crippen molar-refractivity contribution in [1.82, 2.24) is 10.2 Å². The zero-order chi connectivity index (χ0) is 22.9. The van der Waals surface area contributed by atoms with Crippen molar-refractivity contribution in [2.24, 2.45) is 0 Å². The monoisotopic (exact) mass is 457 g/mol. The van der Waals surface area contributed by atoms with E-state index in [-0.39, 0.29) is 24.8 Å². The molecule has 1 heterocycles. The number of rotatable bonds is 8. The van der Waals surface area contributed by atoms with Crippen LogP contribution in [0.4, 0.5) is 5.69 Å². The van der Waals surface area contributed by atoms with E-state index in [4.69, 9.17) is 21.1 Å². The highest BCUT2D eigenvalue weighted by atomic mass is 35.5. The lowest BCUT2D eigenvalue weighted by atomic mass is 10.2. The predicted octanol–water partition coefficient (Wildman–Crippen LogP) is 3.23. The fraction of sp³-hybridized carbons (Fsp3) is 0.333. The number of benzene rings is 2. The van der Waals surface area contributed by atoms with Gasteiger partial charge in [-0.3, -0.25) is 9.59 Å². The van der Waals surface area contributed by atoms with Crippen LogP contribution in [0, 0.1) is 0 Å². The van der Waals surface area contributed by atoms with Gasteiger partial charge in [0, 0.05) is 50.9 Å². The molecule has 1 N–H and O–H groups in total. The largest absolute Gasteiger partial charge is 0.493 e. The predicted molar refractivity (Wildman–Crippen MR) is 126 cm³/mol. The van der Waals surface area contributed by atoms with Crippen molar-refractivity contribution in [3.05, 3.63) is 59.1 Å². The van der Waals surface area contributed by atoms with E-state index < -0.39 is 0 Å². The Kier molecular flexibility index (Phi) is 8.39. The Labute approximate surface area is 193 Å². The van der Waals surface area contributed by atoms with E-state index >= 15 is 0 Å². The number of ether oxygens (including phenoxy) is 2. The first-order valence-corrected chi connectivity index (χ1v) is 10.8. The first-order valence-electron chi connectivity index (χ1n) is 10.5. The maximum atomic E-state index is 12.5. The van der Waals surface area contributed by atoms with Gasteiger partial charge in [0.15, 0.2) is 11.5 Å². The van der Waals surface area contributed by atoms with Crippen molar-refractivity contribution < 1.29 is 19.1 Å². The summed E-state index contributed by atoms with van der Waals surface area (Å²) in [5.41, 5.74) is 1.88. The molecule has 0 atom stereocenters. The van der Waals surface area contributed by atoms with Crippen LogP contribution in [0.2, 0.25) is 5.02 Å². The summed E-state index contributed by atoms with van der Waals surface area (Å²) in [7, 11) is 3.03. The Hall–Kier alpha value is -3.19. The second-order valence-electron chi connectivity index (χ2n) is 7.32. The van der Waals surface area contributed by atoms with Gasteiger partial charge in [0.25, 0.3) is 0 Å². The number of amides is 2. The number of halogens is 1. The third-order valence-electron chi connectivity index (χ3n) is 5.27. The Balaban J connectivity index is 1.42. The normalized spacial score (nSPS) is 13.8. The lowest BCUT2D eigenvalue weighted by molar-refractivity contribution is -0.131. The number of carbonyl (C=O) groups excluding carboxylic acids is 2. The molecule has 1 saturated heterocycles. The third-order valence-corrected chi connectivity index (χ3v) is 5.56. The molecule has 1 aliphatic rings. The zero-order valence-corrected chi connectivity index (χ0v) is 19.1. The molecule has 2 aromatic carbocycles. The van der Waals surface area contributed by atoms with Crippen LogP contribution in [0.5, 0.6) is 11.5 Å². The van der Waals surface area contributed by atoms with Crippen LogP contribution in [0.25, 0.3) is 6.08 Å². The van der Waals surface area contributed by atoms with Gasteiger partial charge in [-0.25, -0.2) is 0 Å². The quantitative estimate of drug-likeness (QED) is 0.616. The van der Waals surface area contributed by atoms with Crippen molar-refractivity contribution >= 4 is 35.2 Å². The average molecular weight is 458 g/mol. The van der Waals surface area contributed by atoms with Crippen molar-refractivity contribution in [2.45, 2.75) is 6.42 Å². The van der Waals surface area contributed by atoms with Gasteiger partial charge in [0.1, 0.15) is 0 Å². The number of methoxy groups -OCH3 is 2. The van der Waals surface area contributed by atoms with Crippen molar-refractivity contribution in [3.63, 3.8) is 0 Å². The second-order valence-corrected chi connectivity index (χ2v) is 7.72. The van der Waals surface area contributed by atoms with Gasteiger partial charge in [-0.15, -0.1) is 0 Å². The van der Waals surface area contributed by atoms with Crippen LogP contribution >= 0.6 is 11.6 Å². The Morgan fingerprint density at radius 2 is 1.78 bits per heavy atom. The molecule has 0 aliphatic carbocycles. The number of para-hydroxylation sites is 1. The summed E-state index contributed by atoms with van der Waals surface area (Å²) in [5, 5.41) is 3.14. The molecular formula is C24H28ClN3O4. The Morgan fingerprint density at radius 3 is 2.44 bits per heavy atom. The molecule has 3 rings (SSSR count). The summed E-state index contributed by atoms with van der Waals surface area (Å²) in [5.74, 6) is 0.697. The standard InChI is InChI=1S/C24H28ClN3O4/c1-31-21-17-18(16-20(25)24(21)32-2)8-9-22(29)26-11-10-23(30)28-14-12-27(13-15-28)19-6-4-3-5-7-19/h3-9,16-17H,10-15H2,1-2H3,(H,26,29)/b9-8+. The molecule has 0 unspecified atom stereocenters. The van der Waals surface area contributed by atoms with E-state index in [1.165, 1.54) is 26.0 Å². The van der Waals surface area contributed by atoms with Gasteiger partial charge in [-0.1, -0.05) is 29.8 Å². The molecule has 7 nitrogen and oxygen atoms in total. The molecule has 1 aliphatic heterocycles. The number of hydrogen-bond donors (Lipinski definition) is 1. The average Bonchev–Trinajstić information content (AvgIpc) is 2.83. The first kappa shape index (κ1) is 23.5. The summed E-state index contributed by atoms with van der Waals surface area (Å²) >= 11 is 6.18. The van der Waals surface area contributed by atoms with Crippen LogP contribution in [-0.2, 0) is 9.59 Å². The summed E-state index contributed by atoms with van der Waals surface area (Å²) in [4.78, 5) is 28.7. The fourth-order valence-corrected chi connectivity index (χ4v) is 3.86.